The molecule has 37 heteroatoms. The number of hydrogen-bond acceptors (Lipinski definition) is 31. The number of nitrogens with one attached hydrogen (secondary N) is 2. The molecule has 1 saturated carbocycles. The van der Waals surface area contributed by atoms with E-state index in [9.17, 15) is 49.2 Å². The fraction of sp³-hybridized carbons (Fsp3) is 0.590. The molecule has 6 aliphatic heterocycles. The standard InChI is InChI=1S/C100H136N18O19/c1-61-16-12-11-13-17-62(2)81(129-8)50-76-23-19-67(7)100(128,137-76)91(124)96(126)117-31-15-14-18-78(117)97(127)136-82(64(4)46-68-21-24-79(119)83(48-68)130-9)51-80(120)63(3)45-66(6)89(123)90(131-10)87(65(5)44-61)112-135-59-85(122)116-33-27-77-75(58-116)55-107-99(110-77)114-36-34-113(35-37-114)98-105-53-74(54-106-98)95(125)103-30-39-133-41-43-134-42-40-132-38-28-84(121)115-32-26-70-47-69(20-22-72(70)57-115)56-118-94-86(92(101)108-60-109-94)88(111-118)73-49-71-25-29-102-93(71)104-52-73/h11-13,16-17,20,22,25,29,45,47,49,52-55,60-61,63-65,67-68,76,78-83,89-90,119-120,123,128H,14-15,18-19,21,23-24,26-28,30-44,46,48,50-51,56-59H2,1-10H3,(H,102,104)(H,103,125)(H2,101,108,109)/b13-11+,16-12+,62-17+,66-45+,112-87+/t61-,63-,64-,65-,67-,68+,76+,78+,79-,80-,81+,82+,83-,89-,90+,100-/m1/s1. The molecule has 0 spiro atoms. The summed E-state index contributed by atoms with van der Waals surface area (Å²) in [4.78, 5) is 135. The molecule has 7 aliphatic rings. The largest absolute Gasteiger partial charge is 0.460 e. The number of nitrogens with two attached hydrogens (primary N) is 1. The number of piperidine rings is 1. The van der Waals surface area contributed by atoms with Crippen molar-refractivity contribution in [2.75, 3.05) is 135 Å². The van der Waals surface area contributed by atoms with Gasteiger partial charge in [-0.2, -0.15) is 5.10 Å². The average Bonchev–Trinajstić information content (AvgIpc) is 1.76. The van der Waals surface area contributed by atoms with Crippen molar-refractivity contribution in [3.63, 3.8) is 0 Å². The Labute approximate surface area is 799 Å². The number of esters is 1. The number of benzene rings is 1. The van der Waals surface area contributed by atoms with Crippen LogP contribution in [0.3, 0.4) is 0 Å². The Hall–Kier alpha value is -11.0. The Kier molecular flexibility index (Phi) is 35.8. The quantitative estimate of drug-likeness (QED) is 0.00835. The van der Waals surface area contributed by atoms with Crippen LogP contribution in [0, 0.1) is 35.5 Å². The molecule has 1 aliphatic carbocycles. The number of piperazine rings is 1. The molecule has 14 rings (SSSR count). The van der Waals surface area contributed by atoms with E-state index in [1.807, 2.05) is 84.0 Å². The minimum absolute atomic E-state index is 0.0313. The number of nitrogen functional groups attached to an aromatic ring is 1. The number of ether oxygens (including phenoxy) is 8. The van der Waals surface area contributed by atoms with E-state index in [2.05, 4.69) is 70.4 Å². The molecular formula is C100H136N18O19. The fourth-order valence-electron chi connectivity index (χ4n) is 19.8. The third-order valence-electron chi connectivity index (χ3n) is 28.0. The molecule has 4 amide bonds. The van der Waals surface area contributed by atoms with E-state index in [0.29, 0.717) is 194 Å². The van der Waals surface area contributed by atoms with Crippen molar-refractivity contribution in [3.8, 4) is 11.3 Å². The molecule has 4 fully saturated rings. The molecule has 7 aromatic rings. The Morgan fingerprint density at radius 2 is 1.45 bits per heavy atom. The molecule has 12 heterocycles. The normalized spacial score (nSPS) is 27.9. The van der Waals surface area contributed by atoms with Crippen LogP contribution in [0.5, 0.6) is 0 Å². The first-order valence-electron chi connectivity index (χ1n) is 48.4. The number of hydrogen-bond donors (Lipinski definition) is 7. The SMILES string of the molecule is CO[C@H]1C[C@@H]2CC[C@@H](C)[C@@](O)(O2)C(=O)C(=O)N2CCCC[C@H]2C(=O)O[C@H]([C@H](C)C[C@@H]2CC[C@@H](O)[C@H](OC)C2)C[C@@H](O)[C@H](C)/C=C(\C)[C@@H](O)[C@@H](OC)/C(=N/OCC(=O)N2CCc3nc(N4CCN(c5ncc(C(=O)NCCOCCOCCOCCC(=O)N6CCc7cc(Cn8nc(-c9cnc%10[nH]ccc%10c9)c9c(N)ncnc98)ccc7C6)cn5)CC4)ncc3C2)[C@H](C)C[C@H](C)/C=C/C=C/C=C/1C. The summed E-state index contributed by atoms with van der Waals surface area (Å²) in [7, 11) is 4.62. The van der Waals surface area contributed by atoms with E-state index in [1.54, 1.807) is 58.4 Å². The summed E-state index contributed by atoms with van der Waals surface area (Å²) < 4.78 is 49.5. The highest BCUT2D eigenvalue weighted by molar-refractivity contribution is 6.39. The van der Waals surface area contributed by atoms with Crippen LogP contribution < -0.4 is 20.9 Å². The van der Waals surface area contributed by atoms with Gasteiger partial charge >= 0.3 is 5.97 Å². The van der Waals surface area contributed by atoms with Gasteiger partial charge in [0.15, 0.2) is 12.3 Å². The van der Waals surface area contributed by atoms with Gasteiger partial charge in [0.2, 0.25) is 23.6 Å². The molecular weight excluding hydrogens is 1760 g/mol. The summed E-state index contributed by atoms with van der Waals surface area (Å²) in [6.45, 7) is 19.4. The smallest absolute Gasteiger partial charge is 0.329 e. The second kappa shape index (κ2) is 48.1. The Morgan fingerprint density at radius 1 is 0.715 bits per heavy atom. The van der Waals surface area contributed by atoms with Crippen LogP contribution in [0.4, 0.5) is 17.7 Å². The third kappa shape index (κ3) is 25.8. The first-order valence-corrected chi connectivity index (χ1v) is 48.4. The molecule has 0 unspecified atom stereocenters. The number of aliphatic hydroxyl groups is 4. The molecule has 3 saturated heterocycles. The number of fused-ring (bicyclic) bond motifs is 7. The lowest BCUT2D eigenvalue weighted by Crippen LogP contribution is -2.61. The highest BCUT2D eigenvalue weighted by Gasteiger charge is 2.53. The van der Waals surface area contributed by atoms with Crippen molar-refractivity contribution in [2.45, 2.75) is 225 Å². The number of ketones is 1. The highest BCUT2D eigenvalue weighted by atomic mass is 16.6. The minimum Gasteiger partial charge on any atom is -0.460 e. The van der Waals surface area contributed by atoms with Crippen LogP contribution in [0.25, 0.3) is 33.3 Å². The zero-order valence-electron chi connectivity index (χ0n) is 80.5. The highest BCUT2D eigenvalue weighted by Crippen LogP contribution is 2.40. The Bertz CT molecular complexity index is 5450. The molecule has 6 aromatic heterocycles. The fourth-order valence-corrected chi connectivity index (χ4v) is 19.8. The van der Waals surface area contributed by atoms with Crippen LogP contribution in [-0.2, 0) is 99.2 Å². The van der Waals surface area contributed by atoms with Crippen molar-refractivity contribution >= 4 is 80.9 Å². The number of nitrogens with zero attached hydrogens (tertiary/aromatic N) is 15. The number of cyclic esters (lactones) is 1. The number of aliphatic hydroxyl groups excluding tert-OH is 3. The van der Waals surface area contributed by atoms with Crippen LogP contribution in [-0.4, -0.2) is 306 Å². The summed E-state index contributed by atoms with van der Waals surface area (Å²) in [5, 5.41) is 61.7. The number of amides is 4. The van der Waals surface area contributed by atoms with E-state index in [0.717, 1.165) is 51.0 Å². The van der Waals surface area contributed by atoms with Gasteiger partial charge in [-0.25, -0.2) is 44.4 Å². The minimum atomic E-state index is -2.47. The number of rotatable bonds is 27. The zero-order valence-corrected chi connectivity index (χ0v) is 80.5. The zero-order chi connectivity index (χ0) is 97.0. The topological polar surface area (TPSA) is 457 Å². The van der Waals surface area contributed by atoms with Gasteiger partial charge in [-0.15, -0.1) is 0 Å². The van der Waals surface area contributed by atoms with E-state index in [-0.39, 0.29) is 106 Å². The predicted molar refractivity (Wildman–Crippen MR) is 511 cm³/mol. The van der Waals surface area contributed by atoms with Crippen molar-refractivity contribution in [3.05, 3.63) is 149 Å². The molecule has 0 radical (unpaired) electrons. The molecule has 1 aromatic carbocycles. The second-order valence-corrected chi connectivity index (χ2v) is 37.7. The van der Waals surface area contributed by atoms with Gasteiger partial charge in [0, 0.05) is 171 Å². The molecule has 2 bridgehead atoms. The van der Waals surface area contributed by atoms with E-state index < -0.39 is 90.7 Å². The number of aromatic nitrogens is 10. The molecule has 8 N–H and O–H groups in total. The maximum absolute atomic E-state index is 14.8. The Balaban J connectivity index is 0.518. The number of allylic oxidation sites excluding steroid dienone is 5. The number of methoxy groups -OCH3 is 3. The van der Waals surface area contributed by atoms with Crippen molar-refractivity contribution in [2.24, 2.45) is 40.7 Å². The van der Waals surface area contributed by atoms with Crippen molar-refractivity contribution in [1.82, 2.24) is 69.7 Å². The van der Waals surface area contributed by atoms with Crippen LogP contribution in [0.15, 0.2) is 120 Å². The number of Topliss-reactive ketones (excluding diaryl/α,β-unsaturated/α-hetero) is 1. The van der Waals surface area contributed by atoms with Gasteiger partial charge < -0.3 is 104 Å². The summed E-state index contributed by atoms with van der Waals surface area (Å²) in [6.07, 6.45) is 21.5. The van der Waals surface area contributed by atoms with Crippen molar-refractivity contribution < 1.29 is 91.9 Å². The number of carbonyl (C=O) groups is 6. The first kappa shape index (κ1) is 102. The molecule has 137 heavy (non-hydrogen) atoms. The number of aromatic amines is 1. The summed E-state index contributed by atoms with van der Waals surface area (Å²) in [6, 6.07) is 9.15. The van der Waals surface area contributed by atoms with E-state index in [4.69, 9.17) is 63.5 Å². The van der Waals surface area contributed by atoms with Gasteiger partial charge in [-0.05, 0) is 142 Å². The molecule has 740 valence electrons. The lowest BCUT2D eigenvalue weighted by atomic mass is 9.78. The number of carbonyl (C=O) groups excluding carboxylic acids is 6. The first-order chi connectivity index (χ1) is 66.1. The number of oxime groups is 1. The lowest BCUT2D eigenvalue weighted by molar-refractivity contribution is -0.265. The molecule has 37 nitrogen and oxygen atoms in total. The van der Waals surface area contributed by atoms with Gasteiger partial charge in [-0.1, -0.05) is 94.4 Å². The van der Waals surface area contributed by atoms with Gasteiger partial charge in [-0.3, -0.25) is 24.0 Å². The lowest BCUT2D eigenvalue weighted by Gasteiger charge is -2.43. The van der Waals surface area contributed by atoms with Gasteiger partial charge in [0.05, 0.1) is 105 Å². The third-order valence-corrected chi connectivity index (χ3v) is 28.0. The Morgan fingerprint density at radius 3 is 2.22 bits per heavy atom. The second-order valence-electron chi connectivity index (χ2n) is 37.7. The maximum Gasteiger partial charge on any atom is 0.329 e. The van der Waals surface area contributed by atoms with Crippen LogP contribution in [0.2, 0.25) is 0 Å². The number of H-pyrrole nitrogens is 1. The van der Waals surface area contributed by atoms with E-state index >= 15 is 0 Å². The van der Waals surface area contributed by atoms with Gasteiger partial charge in [0.25, 0.3) is 23.5 Å². The monoisotopic (exact) mass is 1890 g/mol. The summed E-state index contributed by atoms with van der Waals surface area (Å²) in [5.74, 6) is -6.65. The average molecular weight is 1890 g/mol. The maximum atomic E-state index is 14.8. The summed E-state index contributed by atoms with van der Waals surface area (Å²) in [5.41, 5.74) is 16.3. The number of pyridine rings is 1. The molecule has 16 atom stereocenters. The van der Waals surface area contributed by atoms with Gasteiger partial charge in [0.1, 0.15) is 47.8 Å². The summed E-state index contributed by atoms with van der Waals surface area (Å²) >= 11 is 0. The van der Waals surface area contributed by atoms with Crippen LogP contribution >= 0.6 is 0 Å². The van der Waals surface area contributed by atoms with Crippen LogP contribution in [0.1, 0.15) is 170 Å². The number of anilines is 3. The van der Waals surface area contributed by atoms with E-state index in [1.165, 1.54) is 36.3 Å². The van der Waals surface area contributed by atoms with Crippen molar-refractivity contribution in [1.29, 1.82) is 0 Å². The predicted octanol–water partition coefficient (Wildman–Crippen LogP) is 8.34.